The van der Waals surface area contributed by atoms with Gasteiger partial charge in [-0.1, -0.05) is 25.2 Å². The molecule has 0 saturated heterocycles. The molecule has 2 rings (SSSR count). The van der Waals surface area contributed by atoms with Gasteiger partial charge in [-0.05, 0) is 25.0 Å². The fourth-order valence-electron chi connectivity index (χ4n) is 2.07. The summed E-state index contributed by atoms with van der Waals surface area (Å²) < 4.78 is 40.3. The van der Waals surface area contributed by atoms with E-state index in [1.807, 2.05) is 0 Å². The molecule has 7 heteroatoms. The largest absolute Gasteiger partial charge is 0.389 e. The topological polar surface area (TPSA) is 63.4 Å². The van der Waals surface area contributed by atoms with Crippen LogP contribution in [0.5, 0.6) is 0 Å². The van der Waals surface area contributed by atoms with Crippen LogP contribution in [-0.2, 0) is 10.0 Å². The minimum atomic E-state index is -3.76. The van der Waals surface area contributed by atoms with Crippen molar-refractivity contribution in [2.24, 2.45) is 5.73 Å². The summed E-state index contributed by atoms with van der Waals surface area (Å²) in [6, 6.07) is 3.86. The number of benzene rings is 1. The van der Waals surface area contributed by atoms with Crippen LogP contribution < -0.4 is 5.73 Å². The lowest BCUT2D eigenvalue weighted by Gasteiger charge is -2.21. The monoisotopic (exact) mass is 302 g/mol. The molecule has 4 nitrogen and oxygen atoms in total. The van der Waals surface area contributed by atoms with Gasteiger partial charge in [-0.15, -0.1) is 0 Å². The second-order valence-corrected chi connectivity index (χ2v) is 6.72. The van der Waals surface area contributed by atoms with E-state index >= 15 is 0 Å². The highest BCUT2D eigenvalue weighted by Crippen LogP contribution is 2.33. The molecule has 0 radical (unpaired) electrons. The highest BCUT2D eigenvalue weighted by Gasteiger charge is 2.38. The lowest BCUT2D eigenvalue weighted by atomic mass is 10.2. The molecule has 2 N–H and O–H groups in total. The van der Waals surface area contributed by atoms with Gasteiger partial charge in [-0.3, -0.25) is 0 Å². The predicted octanol–water partition coefficient (Wildman–Crippen LogP) is 1.63. The molecule has 0 atom stereocenters. The smallest absolute Gasteiger partial charge is 0.244 e. The molecule has 0 spiro atoms. The lowest BCUT2D eigenvalue weighted by molar-refractivity contribution is 0.420. The van der Waals surface area contributed by atoms with Crippen molar-refractivity contribution in [1.82, 2.24) is 4.31 Å². The van der Waals surface area contributed by atoms with Gasteiger partial charge in [0.05, 0.1) is 10.5 Å². The Labute approximate surface area is 117 Å². The van der Waals surface area contributed by atoms with Crippen molar-refractivity contribution in [3.63, 3.8) is 0 Å². The minimum Gasteiger partial charge on any atom is -0.389 e. The molecule has 1 aliphatic carbocycles. The number of hydrogen-bond acceptors (Lipinski definition) is 3. The molecule has 0 heterocycles. The number of sulfonamides is 1. The predicted molar refractivity (Wildman–Crippen MR) is 74.9 cm³/mol. The van der Waals surface area contributed by atoms with Crippen LogP contribution >= 0.6 is 12.2 Å². The summed E-state index contributed by atoms with van der Waals surface area (Å²) in [5.74, 6) is -0.708. The summed E-state index contributed by atoms with van der Waals surface area (Å²) in [6.07, 6.45) is 1.68. The first-order chi connectivity index (χ1) is 8.89. The quantitative estimate of drug-likeness (QED) is 0.840. The van der Waals surface area contributed by atoms with Crippen LogP contribution in [0.3, 0.4) is 0 Å². The Kier molecular flexibility index (Phi) is 3.89. The van der Waals surface area contributed by atoms with Crippen LogP contribution in [0, 0.1) is 5.82 Å². The van der Waals surface area contributed by atoms with E-state index in [0.717, 1.165) is 18.9 Å². The van der Waals surface area contributed by atoms with E-state index in [9.17, 15) is 12.8 Å². The van der Waals surface area contributed by atoms with Gasteiger partial charge in [0.1, 0.15) is 10.8 Å². The molecule has 1 saturated carbocycles. The molecule has 0 amide bonds. The van der Waals surface area contributed by atoms with Gasteiger partial charge in [-0.2, -0.15) is 4.31 Å². The number of rotatable bonds is 5. The van der Waals surface area contributed by atoms with E-state index < -0.39 is 15.8 Å². The van der Waals surface area contributed by atoms with Gasteiger partial charge < -0.3 is 5.73 Å². The van der Waals surface area contributed by atoms with Crippen molar-refractivity contribution in [2.45, 2.75) is 30.7 Å². The molecule has 0 unspecified atom stereocenters. The molecule has 104 valence electrons. The van der Waals surface area contributed by atoms with Gasteiger partial charge in [-0.25, -0.2) is 12.8 Å². The number of nitrogens with zero attached hydrogens (tertiary/aromatic N) is 1. The Morgan fingerprint density at radius 3 is 2.63 bits per heavy atom. The zero-order chi connectivity index (χ0) is 14.2. The molecule has 1 fully saturated rings. The maximum Gasteiger partial charge on any atom is 0.244 e. The highest BCUT2D eigenvalue weighted by molar-refractivity contribution is 7.89. The Bertz CT molecular complexity index is 612. The maximum absolute atomic E-state index is 13.8. The van der Waals surface area contributed by atoms with Gasteiger partial charge in [0, 0.05) is 12.6 Å². The van der Waals surface area contributed by atoms with E-state index in [0.29, 0.717) is 6.54 Å². The van der Waals surface area contributed by atoms with Crippen molar-refractivity contribution < 1.29 is 12.8 Å². The second-order valence-electron chi connectivity index (χ2n) is 4.42. The number of nitrogens with two attached hydrogens (primary N) is 1. The maximum atomic E-state index is 13.8. The van der Waals surface area contributed by atoms with Crippen LogP contribution in [0.1, 0.15) is 25.3 Å². The van der Waals surface area contributed by atoms with E-state index in [1.54, 1.807) is 6.92 Å². The SMILES string of the molecule is CCN(C1CC1)S(=O)(=O)c1cccc(F)c1C(N)=S. The zero-order valence-electron chi connectivity index (χ0n) is 10.5. The van der Waals surface area contributed by atoms with Crippen LogP contribution in [0.2, 0.25) is 0 Å². The van der Waals surface area contributed by atoms with Crippen molar-refractivity contribution >= 4 is 27.2 Å². The Morgan fingerprint density at radius 2 is 2.16 bits per heavy atom. The lowest BCUT2D eigenvalue weighted by Crippen LogP contribution is -2.34. The van der Waals surface area contributed by atoms with Gasteiger partial charge in [0.25, 0.3) is 0 Å². The fourth-order valence-corrected chi connectivity index (χ4v) is 4.26. The van der Waals surface area contributed by atoms with Crippen molar-refractivity contribution in [1.29, 1.82) is 0 Å². The third-order valence-electron chi connectivity index (χ3n) is 3.07. The first-order valence-corrected chi connectivity index (χ1v) is 7.84. The van der Waals surface area contributed by atoms with Crippen molar-refractivity contribution in [2.75, 3.05) is 6.54 Å². The molecule has 1 aliphatic rings. The molecule has 0 aliphatic heterocycles. The summed E-state index contributed by atoms with van der Waals surface area (Å²) in [5, 5.41) is 0. The molecule has 19 heavy (non-hydrogen) atoms. The number of hydrogen-bond donors (Lipinski definition) is 1. The summed E-state index contributed by atoms with van der Waals surface area (Å²) in [5.41, 5.74) is 5.26. The van der Waals surface area contributed by atoms with E-state index in [-0.39, 0.29) is 21.5 Å². The molecule has 0 aromatic heterocycles. The van der Waals surface area contributed by atoms with Crippen molar-refractivity contribution in [3.05, 3.63) is 29.6 Å². The first kappa shape index (κ1) is 14.4. The van der Waals surface area contributed by atoms with E-state index in [1.165, 1.54) is 16.4 Å². The Morgan fingerprint density at radius 1 is 1.53 bits per heavy atom. The third kappa shape index (κ3) is 2.63. The fraction of sp³-hybridized carbons (Fsp3) is 0.417. The Balaban J connectivity index is 2.57. The normalized spacial score (nSPS) is 15.7. The van der Waals surface area contributed by atoms with Gasteiger partial charge in [0.15, 0.2) is 0 Å². The average molecular weight is 302 g/mol. The van der Waals surface area contributed by atoms with Crippen LogP contribution in [0.25, 0.3) is 0 Å². The third-order valence-corrected chi connectivity index (χ3v) is 5.35. The zero-order valence-corrected chi connectivity index (χ0v) is 12.1. The second kappa shape index (κ2) is 5.15. The molecular weight excluding hydrogens is 287 g/mol. The molecule has 1 aromatic carbocycles. The van der Waals surface area contributed by atoms with E-state index in [4.69, 9.17) is 18.0 Å². The van der Waals surface area contributed by atoms with Crippen LogP contribution in [0.15, 0.2) is 23.1 Å². The minimum absolute atomic E-state index is 0.0115. The summed E-state index contributed by atoms with van der Waals surface area (Å²) >= 11 is 4.76. The molecular formula is C12H15FN2O2S2. The number of thiocarbonyl (C=S) groups is 1. The van der Waals surface area contributed by atoms with E-state index in [2.05, 4.69) is 0 Å². The average Bonchev–Trinajstić information content (AvgIpc) is 3.13. The van der Waals surface area contributed by atoms with Crippen LogP contribution in [0.4, 0.5) is 4.39 Å². The van der Waals surface area contributed by atoms with Crippen molar-refractivity contribution in [3.8, 4) is 0 Å². The van der Waals surface area contributed by atoms with Gasteiger partial charge >= 0.3 is 0 Å². The highest BCUT2D eigenvalue weighted by atomic mass is 32.2. The Hall–Kier alpha value is -1.05. The summed E-state index contributed by atoms with van der Waals surface area (Å²) in [4.78, 5) is -0.391. The summed E-state index contributed by atoms with van der Waals surface area (Å²) in [6.45, 7) is 2.11. The standard InChI is InChI=1S/C12H15FN2O2S2/c1-2-15(8-6-7-8)19(16,17)10-5-3-4-9(13)11(10)12(14)18/h3-5,8H,2,6-7H2,1H3,(H2,14,18). The summed E-state index contributed by atoms with van der Waals surface area (Å²) in [7, 11) is -3.76. The van der Waals surface area contributed by atoms with Gasteiger partial charge in [0.2, 0.25) is 10.0 Å². The first-order valence-electron chi connectivity index (χ1n) is 5.99. The molecule has 1 aromatic rings. The number of halogens is 1. The van der Waals surface area contributed by atoms with Crippen LogP contribution in [-0.4, -0.2) is 30.3 Å². The molecule has 0 bridgehead atoms.